The van der Waals surface area contributed by atoms with Crippen molar-refractivity contribution in [2.24, 2.45) is 5.73 Å². The summed E-state index contributed by atoms with van der Waals surface area (Å²) in [6.07, 6.45) is 8.75. The molecule has 0 aliphatic rings. The lowest BCUT2D eigenvalue weighted by atomic mass is 10.1. The zero-order valence-electron chi connectivity index (χ0n) is 8.26. The Morgan fingerprint density at radius 1 is 1.08 bits per heavy atom. The van der Waals surface area contributed by atoms with E-state index in [2.05, 4.69) is 6.92 Å². The molecule has 0 saturated heterocycles. The molecule has 0 spiro atoms. The van der Waals surface area contributed by atoms with Crippen LogP contribution in [0, 0.1) is 0 Å². The van der Waals surface area contributed by atoms with Gasteiger partial charge in [-0.1, -0.05) is 45.4 Å². The van der Waals surface area contributed by atoms with Crippen molar-refractivity contribution >= 4 is 0 Å². The van der Waals surface area contributed by atoms with Gasteiger partial charge in [-0.05, 0) is 6.42 Å². The molecule has 0 aliphatic carbocycles. The molecule has 3 N–H and O–H groups in total. The summed E-state index contributed by atoms with van der Waals surface area (Å²) in [6.45, 7) is 2.36. The van der Waals surface area contributed by atoms with E-state index in [1.807, 2.05) is 0 Å². The van der Waals surface area contributed by atoms with E-state index in [-0.39, 0.29) is 12.6 Å². The summed E-state index contributed by atoms with van der Waals surface area (Å²) >= 11 is 0. The molecule has 1 atom stereocenters. The summed E-state index contributed by atoms with van der Waals surface area (Å²) in [5.41, 5.74) is 5.56. The van der Waals surface area contributed by atoms with E-state index in [4.69, 9.17) is 10.8 Å². The first kappa shape index (κ1) is 11.9. The minimum Gasteiger partial charge on any atom is -0.395 e. The molecule has 0 fully saturated rings. The highest BCUT2D eigenvalue weighted by Crippen LogP contribution is 2.07. The van der Waals surface area contributed by atoms with Crippen molar-refractivity contribution in [1.29, 1.82) is 0 Å². The van der Waals surface area contributed by atoms with Crippen LogP contribution in [0.25, 0.3) is 0 Å². The minimum absolute atomic E-state index is 0.0103. The maximum Gasteiger partial charge on any atom is 0.0582 e. The Morgan fingerprint density at radius 3 is 2.25 bits per heavy atom. The molecule has 0 saturated carbocycles. The topological polar surface area (TPSA) is 46.2 Å². The molecule has 74 valence electrons. The second-order valence-electron chi connectivity index (χ2n) is 3.50. The van der Waals surface area contributed by atoms with Crippen LogP contribution in [0.4, 0.5) is 0 Å². The average Bonchev–Trinajstić information content (AvgIpc) is 2.10. The van der Waals surface area contributed by atoms with E-state index in [0.29, 0.717) is 0 Å². The van der Waals surface area contributed by atoms with Crippen LogP contribution < -0.4 is 5.73 Å². The Hall–Kier alpha value is -0.0800. The van der Waals surface area contributed by atoms with Gasteiger partial charge in [0.1, 0.15) is 0 Å². The van der Waals surface area contributed by atoms with Crippen molar-refractivity contribution in [3.05, 3.63) is 0 Å². The molecule has 0 aromatic rings. The number of nitrogens with two attached hydrogens (primary N) is 1. The Labute approximate surface area is 76.2 Å². The van der Waals surface area contributed by atoms with Crippen LogP contribution in [0.1, 0.15) is 51.9 Å². The third-order valence-electron chi connectivity index (χ3n) is 2.16. The van der Waals surface area contributed by atoms with Gasteiger partial charge in [-0.3, -0.25) is 0 Å². The van der Waals surface area contributed by atoms with Crippen LogP contribution in [0.3, 0.4) is 0 Å². The number of unbranched alkanes of at least 4 members (excludes halogenated alkanes) is 5. The van der Waals surface area contributed by atoms with E-state index < -0.39 is 0 Å². The fourth-order valence-corrected chi connectivity index (χ4v) is 1.28. The van der Waals surface area contributed by atoms with Crippen LogP contribution >= 0.6 is 0 Å². The highest BCUT2D eigenvalue weighted by molar-refractivity contribution is 4.58. The van der Waals surface area contributed by atoms with Gasteiger partial charge in [0, 0.05) is 6.04 Å². The molecule has 2 heteroatoms. The third-order valence-corrected chi connectivity index (χ3v) is 2.16. The van der Waals surface area contributed by atoms with E-state index in [1.54, 1.807) is 0 Å². The van der Waals surface area contributed by atoms with Gasteiger partial charge in [0.2, 0.25) is 0 Å². The van der Waals surface area contributed by atoms with Gasteiger partial charge in [0.05, 0.1) is 6.61 Å². The molecule has 12 heavy (non-hydrogen) atoms. The number of hydrogen-bond donors (Lipinski definition) is 2. The molecule has 0 radical (unpaired) electrons. The fraction of sp³-hybridized carbons (Fsp3) is 1.00. The molecule has 0 heterocycles. The van der Waals surface area contributed by atoms with Crippen molar-refractivity contribution in [2.75, 3.05) is 6.61 Å². The van der Waals surface area contributed by atoms with E-state index in [9.17, 15) is 0 Å². The van der Waals surface area contributed by atoms with Crippen LogP contribution in [-0.4, -0.2) is 17.8 Å². The normalized spacial score (nSPS) is 13.2. The van der Waals surface area contributed by atoms with Crippen LogP contribution in [-0.2, 0) is 0 Å². The van der Waals surface area contributed by atoms with Crippen molar-refractivity contribution in [3.63, 3.8) is 0 Å². The second-order valence-corrected chi connectivity index (χ2v) is 3.50. The maximum atomic E-state index is 8.65. The summed E-state index contributed by atoms with van der Waals surface area (Å²) in [5, 5.41) is 8.65. The Kier molecular flexibility index (Phi) is 8.95. The molecule has 0 aromatic heterocycles. The second kappa shape index (κ2) is 9.01. The van der Waals surface area contributed by atoms with Gasteiger partial charge in [-0.25, -0.2) is 0 Å². The predicted molar refractivity (Wildman–Crippen MR) is 53.1 cm³/mol. The van der Waals surface area contributed by atoms with Crippen LogP contribution in [0.2, 0.25) is 0 Å². The third kappa shape index (κ3) is 8.02. The summed E-state index contributed by atoms with van der Waals surface area (Å²) in [7, 11) is 0. The lowest BCUT2D eigenvalue weighted by Crippen LogP contribution is -2.23. The first-order valence-corrected chi connectivity index (χ1v) is 5.17. The Bertz CT molecular complexity index is 85.9. The van der Waals surface area contributed by atoms with Gasteiger partial charge >= 0.3 is 0 Å². The van der Waals surface area contributed by atoms with Crippen molar-refractivity contribution in [2.45, 2.75) is 57.9 Å². The molecule has 0 unspecified atom stereocenters. The molecule has 0 bridgehead atoms. The van der Waals surface area contributed by atoms with E-state index in [1.165, 1.54) is 38.5 Å². The summed E-state index contributed by atoms with van der Waals surface area (Å²) in [5.74, 6) is 0. The van der Waals surface area contributed by atoms with Gasteiger partial charge < -0.3 is 10.8 Å². The average molecular weight is 173 g/mol. The largest absolute Gasteiger partial charge is 0.395 e. The number of aliphatic hydroxyl groups excluding tert-OH is 1. The summed E-state index contributed by atoms with van der Waals surface area (Å²) in [4.78, 5) is 0. The van der Waals surface area contributed by atoms with Gasteiger partial charge in [0.25, 0.3) is 0 Å². The molecule has 0 aromatic carbocycles. The fourth-order valence-electron chi connectivity index (χ4n) is 1.28. The van der Waals surface area contributed by atoms with Gasteiger partial charge in [-0.15, -0.1) is 0 Å². The Balaban J connectivity index is 2.90. The summed E-state index contributed by atoms with van der Waals surface area (Å²) in [6, 6.07) is 0.0103. The lowest BCUT2D eigenvalue weighted by molar-refractivity contribution is 0.257. The Morgan fingerprint density at radius 2 is 1.67 bits per heavy atom. The first-order chi connectivity index (χ1) is 5.81. The van der Waals surface area contributed by atoms with Gasteiger partial charge in [0.15, 0.2) is 0 Å². The van der Waals surface area contributed by atoms with Crippen molar-refractivity contribution in [3.8, 4) is 0 Å². The predicted octanol–water partition coefficient (Wildman–Crippen LogP) is 2.06. The quantitative estimate of drug-likeness (QED) is 0.552. The molecule has 0 rings (SSSR count). The number of rotatable bonds is 8. The summed E-state index contributed by atoms with van der Waals surface area (Å²) < 4.78 is 0. The van der Waals surface area contributed by atoms with Gasteiger partial charge in [-0.2, -0.15) is 0 Å². The van der Waals surface area contributed by atoms with Crippen molar-refractivity contribution in [1.82, 2.24) is 0 Å². The maximum absolute atomic E-state index is 8.65. The molecule has 0 amide bonds. The molecular formula is C10H23NO. The minimum atomic E-state index is 0.0103. The standard InChI is InChI=1S/C10H23NO/c1-2-3-4-5-6-7-8-10(11)9-12/h10,12H,2-9,11H2,1H3/t10-/m1/s1. The highest BCUT2D eigenvalue weighted by atomic mass is 16.3. The van der Waals surface area contributed by atoms with Crippen LogP contribution in [0.5, 0.6) is 0 Å². The van der Waals surface area contributed by atoms with E-state index in [0.717, 1.165) is 6.42 Å². The zero-order valence-corrected chi connectivity index (χ0v) is 8.26. The molecular weight excluding hydrogens is 150 g/mol. The zero-order chi connectivity index (χ0) is 9.23. The monoisotopic (exact) mass is 173 g/mol. The molecule has 2 nitrogen and oxygen atoms in total. The number of hydrogen-bond acceptors (Lipinski definition) is 2. The van der Waals surface area contributed by atoms with Crippen LogP contribution in [0.15, 0.2) is 0 Å². The number of aliphatic hydroxyl groups is 1. The molecule has 0 aliphatic heterocycles. The smallest absolute Gasteiger partial charge is 0.0582 e. The lowest BCUT2D eigenvalue weighted by Gasteiger charge is -2.06. The SMILES string of the molecule is CCCCCCCC[C@@H](N)CO. The van der Waals surface area contributed by atoms with E-state index >= 15 is 0 Å². The first-order valence-electron chi connectivity index (χ1n) is 5.17. The highest BCUT2D eigenvalue weighted by Gasteiger charge is 1.98. The van der Waals surface area contributed by atoms with Crippen molar-refractivity contribution < 1.29 is 5.11 Å².